The molecule has 0 saturated heterocycles. The van der Waals surface area contributed by atoms with Gasteiger partial charge in [-0.15, -0.1) is 0 Å². The van der Waals surface area contributed by atoms with Crippen LogP contribution in [0.5, 0.6) is 0 Å². The van der Waals surface area contributed by atoms with Gasteiger partial charge in [0.25, 0.3) is 0 Å². The summed E-state index contributed by atoms with van der Waals surface area (Å²) in [7, 11) is 0. The highest BCUT2D eigenvalue weighted by Crippen LogP contribution is 2.50. The Morgan fingerprint density at radius 1 is 0.385 bits per heavy atom. The lowest BCUT2D eigenvalue weighted by Gasteiger charge is -2.11. The molecule has 5 aromatic rings. The molecule has 0 fully saturated rings. The second-order valence-electron chi connectivity index (χ2n) is 7.00. The molecule has 0 aliphatic heterocycles. The van der Waals surface area contributed by atoms with E-state index in [4.69, 9.17) is 0 Å². The molecule has 0 aromatic heterocycles. The van der Waals surface area contributed by atoms with Crippen molar-refractivity contribution in [3.05, 3.63) is 97.1 Å². The van der Waals surface area contributed by atoms with Crippen LogP contribution < -0.4 is 0 Å². The number of hydrogen-bond acceptors (Lipinski definition) is 0. The van der Waals surface area contributed by atoms with Crippen LogP contribution in [-0.4, -0.2) is 0 Å². The van der Waals surface area contributed by atoms with Gasteiger partial charge in [0.05, 0.1) is 0 Å². The molecule has 5 aromatic carbocycles. The van der Waals surface area contributed by atoms with E-state index >= 15 is 0 Å². The second kappa shape index (κ2) is 5.06. The van der Waals surface area contributed by atoms with Crippen molar-refractivity contribution in [1.82, 2.24) is 0 Å². The van der Waals surface area contributed by atoms with E-state index in [0.717, 1.165) is 0 Å². The van der Waals surface area contributed by atoms with Crippen molar-refractivity contribution >= 4 is 21.5 Å². The van der Waals surface area contributed by atoms with Crippen molar-refractivity contribution in [2.45, 2.75) is 0 Å². The van der Waals surface area contributed by atoms with E-state index in [1.165, 1.54) is 54.9 Å². The minimum Gasteiger partial charge on any atom is -0.0622 e. The maximum Gasteiger partial charge on any atom is -0.00195 e. The first-order valence-corrected chi connectivity index (χ1v) is 9.05. The van der Waals surface area contributed by atoms with Crippen molar-refractivity contribution in [2.75, 3.05) is 0 Å². The van der Waals surface area contributed by atoms with Crippen molar-refractivity contribution < 1.29 is 0 Å². The summed E-state index contributed by atoms with van der Waals surface area (Å²) in [6, 6.07) is 35.3. The van der Waals surface area contributed by atoms with Gasteiger partial charge in [-0.1, -0.05) is 78.9 Å². The molecule has 1 aliphatic carbocycles. The molecule has 0 N–H and O–H groups in total. The van der Waals surface area contributed by atoms with Crippen molar-refractivity contribution in [2.24, 2.45) is 0 Å². The molecule has 120 valence electrons. The third kappa shape index (κ3) is 1.79. The summed E-state index contributed by atoms with van der Waals surface area (Å²) in [6.07, 6.45) is 0. The molecule has 26 heavy (non-hydrogen) atoms. The summed E-state index contributed by atoms with van der Waals surface area (Å²) < 4.78 is 0. The first-order valence-electron chi connectivity index (χ1n) is 9.05. The van der Waals surface area contributed by atoms with E-state index in [2.05, 4.69) is 97.1 Å². The van der Waals surface area contributed by atoms with Gasteiger partial charge in [0.1, 0.15) is 0 Å². The molecule has 0 spiro atoms. The second-order valence-corrected chi connectivity index (χ2v) is 7.00. The number of hydrogen-bond donors (Lipinski definition) is 0. The summed E-state index contributed by atoms with van der Waals surface area (Å²) >= 11 is 0. The van der Waals surface area contributed by atoms with Gasteiger partial charge in [-0.05, 0) is 73.1 Å². The number of benzene rings is 5. The van der Waals surface area contributed by atoms with Crippen LogP contribution in [0.3, 0.4) is 0 Å². The molecular formula is C26H16. The van der Waals surface area contributed by atoms with Gasteiger partial charge in [-0.2, -0.15) is 0 Å². The van der Waals surface area contributed by atoms with Gasteiger partial charge in [-0.25, -0.2) is 0 Å². The molecule has 6 rings (SSSR count). The Morgan fingerprint density at radius 2 is 1.04 bits per heavy atom. The lowest BCUT2D eigenvalue weighted by molar-refractivity contribution is 1.65. The summed E-state index contributed by atoms with van der Waals surface area (Å²) in [6.45, 7) is 0. The fourth-order valence-electron chi connectivity index (χ4n) is 4.42. The Bertz CT molecular complexity index is 1310. The van der Waals surface area contributed by atoms with Crippen LogP contribution in [0.4, 0.5) is 0 Å². The van der Waals surface area contributed by atoms with Crippen molar-refractivity contribution in [3.8, 4) is 33.4 Å². The zero-order chi connectivity index (χ0) is 17.1. The Hall–Kier alpha value is -3.38. The first-order chi connectivity index (χ1) is 12.9. The lowest BCUT2D eigenvalue weighted by Crippen LogP contribution is -1.84. The SMILES string of the molecule is c1ccc(-c2cc3c4c(cc5ccccc5c4c2)-c2ccccc2-3)cc1. The highest BCUT2D eigenvalue weighted by molar-refractivity contribution is 6.24. The van der Waals surface area contributed by atoms with Gasteiger partial charge < -0.3 is 0 Å². The summed E-state index contributed by atoms with van der Waals surface area (Å²) in [5.74, 6) is 0. The van der Waals surface area contributed by atoms with E-state index in [1.54, 1.807) is 0 Å². The highest BCUT2D eigenvalue weighted by Gasteiger charge is 2.23. The summed E-state index contributed by atoms with van der Waals surface area (Å²) in [4.78, 5) is 0. The third-order valence-electron chi connectivity index (χ3n) is 5.57. The minimum absolute atomic E-state index is 1.27. The quantitative estimate of drug-likeness (QED) is 0.278. The average Bonchev–Trinajstić information content (AvgIpc) is 3.03. The molecule has 0 unspecified atom stereocenters. The Labute approximate surface area is 152 Å². The molecular weight excluding hydrogens is 312 g/mol. The smallest absolute Gasteiger partial charge is 0.00195 e. The highest BCUT2D eigenvalue weighted by atomic mass is 14.3. The molecule has 1 aliphatic rings. The zero-order valence-electron chi connectivity index (χ0n) is 14.2. The maximum absolute atomic E-state index is 2.37. The molecule has 0 heteroatoms. The topological polar surface area (TPSA) is 0 Å². The van der Waals surface area contributed by atoms with Gasteiger partial charge in [0.2, 0.25) is 0 Å². The normalized spacial score (nSPS) is 11.8. The van der Waals surface area contributed by atoms with Gasteiger partial charge in [0.15, 0.2) is 0 Å². The maximum atomic E-state index is 2.37. The molecule has 0 saturated carbocycles. The van der Waals surface area contributed by atoms with Gasteiger partial charge in [-0.3, -0.25) is 0 Å². The van der Waals surface area contributed by atoms with Crippen LogP contribution in [0.25, 0.3) is 54.9 Å². The molecule has 0 amide bonds. The van der Waals surface area contributed by atoms with Crippen LogP contribution in [0.1, 0.15) is 0 Å². The summed E-state index contributed by atoms with van der Waals surface area (Å²) in [5.41, 5.74) is 7.97. The first kappa shape index (κ1) is 13.9. The predicted octanol–water partition coefficient (Wildman–Crippen LogP) is 7.31. The van der Waals surface area contributed by atoms with E-state index in [-0.39, 0.29) is 0 Å². The van der Waals surface area contributed by atoms with Crippen molar-refractivity contribution in [3.63, 3.8) is 0 Å². The van der Waals surface area contributed by atoms with Gasteiger partial charge in [0, 0.05) is 0 Å². The lowest BCUT2D eigenvalue weighted by atomic mass is 9.93. The van der Waals surface area contributed by atoms with Gasteiger partial charge >= 0.3 is 0 Å². The Balaban J connectivity index is 1.84. The Morgan fingerprint density at radius 3 is 1.85 bits per heavy atom. The van der Waals surface area contributed by atoms with E-state index in [9.17, 15) is 0 Å². The van der Waals surface area contributed by atoms with E-state index in [0.29, 0.717) is 0 Å². The third-order valence-corrected chi connectivity index (χ3v) is 5.57. The fourth-order valence-corrected chi connectivity index (χ4v) is 4.42. The van der Waals surface area contributed by atoms with Crippen LogP contribution in [0.15, 0.2) is 97.1 Å². The van der Waals surface area contributed by atoms with Crippen LogP contribution in [-0.2, 0) is 0 Å². The Kier molecular flexibility index (Phi) is 2.70. The number of fused-ring (bicyclic) bond motifs is 5. The monoisotopic (exact) mass is 328 g/mol. The standard InChI is InChI=1S/C26H16/c1-2-8-17(9-3-1)19-15-23-20-11-5-4-10-18(20)14-24-21-12-6-7-13-22(21)25(16-19)26(23)24/h1-16H. The molecule has 0 heterocycles. The zero-order valence-corrected chi connectivity index (χ0v) is 14.2. The molecule has 0 atom stereocenters. The van der Waals surface area contributed by atoms with Crippen molar-refractivity contribution in [1.29, 1.82) is 0 Å². The summed E-state index contributed by atoms with van der Waals surface area (Å²) in [5, 5.41) is 5.39. The molecule has 0 nitrogen and oxygen atoms in total. The largest absolute Gasteiger partial charge is 0.0622 e. The fraction of sp³-hybridized carbons (Fsp3) is 0. The molecule has 0 radical (unpaired) electrons. The van der Waals surface area contributed by atoms with Crippen LogP contribution in [0, 0.1) is 0 Å². The van der Waals surface area contributed by atoms with Crippen LogP contribution in [0.2, 0.25) is 0 Å². The predicted molar refractivity (Wildman–Crippen MR) is 111 cm³/mol. The van der Waals surface area contributed by atoms with Crippen LogP contribution >= 0.6 is 0 Å². The average molecular weight is 328 g/mol. The molecule has 0 bridgehead atoms. The minimum atomic E-state index is 1.27. The van der Waals surface area contributed by atoms with E-state index < -0.39 is 0 Å². The van der Waals surface area contributed by atoms with E-state index in [1.807, 2.05) is 0 Å². The number of rotatable bonds is 1.